The van der Waals surface area contributed by atoms with E-state index in [-0.39, 0.29) is 5.91 Å². The van der Waals surface area contributed by atoms with Crippen LogP contribution in [0.4, 0.5) is 0 Å². The first kappa shape index (κ1) is 13.4. The summed E-state index contributed by atoms with van der Waals surface area (Å²) in [6, 6.07) is 0.314. The zero-order valence-electron chi connectivity index (χ0n) is 9.22. The second kappa shape index (κ2) is 7.74. The summed E-state index contributed by atoms with van der Waals surface area (Å²) in [4.78, 5) is 11.2. The Kier molecular flexibility index (Phi) is 7.38. The Hall–Kier alpha value is -0.640. The quantitative estimate of drug-likeness (QED) is 0.690. The van der Waals surface area contributed by atoms with Crippen LogP contribution in [0.3, 0.4) is 0 Å². The lowest BCUT2D eigenvalue weighted by molar-refractivity contribution is -0.119. The van der Waals surface area contributed by atoms with E-state index in [1.165, 1.54) is 0 Å². The molecule has 1 unspecified atom stereocenters. The molecule has 0 aliphatic carbocycles. The lowest BCUT2D eigenvalue weighted by atomic mass is 10.2. The van der Waals surface area contributed by atoms with Crippen LogP contribution in [-0.2, 0) is 4.79 Å². The van der Waals surface area contributed by atoms with Crippen LogP contribution in [-0.4, -0.2) is 17.1 Å². The molecule has 14 heavy (non-hydrogen) atoms. The van der Waals surface area contributed by atoms with E-state index in [1.54, 1.807) is 0 Å². The highest BCUT2D eigenvalue weighted by molar-refractivity contribution is 7.80. The van der Waals surface area contributed by atoms with Gasteiger partial charge in [0, 0.05) is 12.5 Å². The van der Waals surface area contributed by atoms with Gasteiger partial charge in [0.2, 0.25) is 5.91 Å². The number of hydrogen-bond donors (Lipinski definition) is 2. The number of hydrogen-bond acceptors (Lipinski definition) is 2. The van der Waals surface area contributed by atoms with Gasteiger partial charge in [-0.2, -0.15) is 0 Å². The van der Waals surface area contributed by atoms with Gasteiger partial charge in [-0.1, -0.05) is 20.3 Å². The van der Waals surface area contributed by atoms with Crippen LogP contribution in [0, 0.1) is 0 Å². The van der Waals surface area contributed by atoms with Crippen LogP contribution in [0.2, 0.25) is 0 Å². The maximum absolute atomic E-state index is 11.2. The molecule has 2 N–H and O–H groups in total. The highest BCUT2D eigenvalue weighted by Gasteiger charge is 2.05. The SMILES string of the molecule is CCCCC(=O)NC(=S)NC(C)CC. The third-order valence-corrected chi connectivity index (χ3v) is 2.22. The van der Waals surface area contributed by atoms with Gasteiger partial charge < -0.3 is 10.6 Å². The predicted molar refractivity (Wildman–Crippen MR) is 63.2 cm³/mol. The number of thiocarbonyl (C=S) groups is 1. The van der Waals surface area contributed by atoms with Crippen molar-refractivity contribution >= 4 is 23.2 Å². The van der Waals surface area contributed by atoms with Crippen LogP contribution >= 0.6 is 12.2 Å². The highest BCUT2D eigenvalue weighted by Crippen LogP contribution is 1.93. The summed E-state index contributed by atoms with van der Waals surface area (Å²) in [5, 5.41) is 6.14. The molecular weight excluding hydrogens is 196 g/mol. The maximum atomic E-state index is 11.2. The number of nitrogens with one attached hydrogen (secondary N) is 2. The Labute approximate surface area is 91.6 Å². The van der Waals surface area contributed by atoms with Crippen molar-refractivity contribution in [2.75, 3.05) is 0 Å². The minimum atomic E-state index is 0.00709. The van der Waals surface area contributed by atoms with Crippen LogP contribution in [0.5, 0.6) is 0 Å². The molecule has 82 valence electrons. The van der Waals surface area contributed by atoms with E-state index in [0.717, 1.165) is 19.3 Å². The van der Waals surface area contributed by atoms with E-state index in [2.05, 4.69) is 24.5 Å². The Morgan fingerprint density at radius 2 is 2.07 bits per heavy atom. The van der Waals surface area contributed by atoms with Crippen molar-refractivity contribution in [2.24, 2.45) is 0 Å². The molecule has 0 radical (unpaired) electrons. The summed E-state index contributed by atoms with van der Waals surface area (Å²) >= 11 is 4.98. The van der Waals surface area contributed by atoms with E-state index in [9.17, 15) is 4.79 Å². The second-order valence-corrected chi connectivity index (χ2v) is 3.84. The van der Waals surface area contributed by atoms with Crippen LogP contribution in [0.1, 0.15) is 46.5 Å². The number of carbonyl (C=O) groups is 1. The molecule has 0 aromatic rings. The summed E-state index contributed by atoms with van der Waals surface area (Å²) in [5.41, 5.74) is 0. The fraction of sp³-hybridized carbons (Fsp3) is 0.800. The van der Waals surface area contributed by atoms with Gasteiger partial charge in [-0.05, 0) is 32.0 Å². The number of unbranched alkanes of at least 4 members (excludes halogenated alkanes) is 1. The maximum Gasteiger partial charge on any atom is 0.226 e. The van der Waals surface area contributed by atoms with Crippen molar-refractivity contribution in [3.05, 3.63) is 0 Å². The number of rotatable bonds is 5. The van der Waals surface area contributed by atoms with Gasteiger partial charge in [0.25, 0.3) is 0 Å². The number of carbonyl (C=O) groups excluding carboxylic acids is 1. The van der Waals surface area contributed by atoms with E-state index in [4.69, 9.17) is 12.2 Å². The Bertz CT molecular complexity index is 195. The van der Waals surface area contributed by atoms with E-state index in [1.807, 2.05) is 6.92 Å². The van der Waals surface area contributed by atoms with Crippen molar-refractivity contribution in [3.63, 3.8) is 0 Å². The van der Waals surface area contributed by atoms with Crippen molar-refractivity contribution < 1.29 is 4.79 Å². The molecular formula is C10H20N2OS. The smallest absolute Gasteiger partial charge is 0.226 e. The molecule has 0 saturated carbocycles. The van der Waals surface area contributed by atoms with Gasteiger partial charge in [-0.25, -0.2) is 0 Å². The molecule has 4 heteroatoms. The minimum absolute atomic E-state index is 0.00709. The molecule has 0 aliphatic heterocycles. The Balaban J connectivity index is 3.66. The fourth-order valence-corrected chi connectivity index (χ4v) is 1.20. The Morgan fingerprint density at radius 3 is 2.57 bits per heavy atom. The molecule has 1 atom stereocenters. The zero-order chi connectivity index (χ0) is 11.0. The normalized spacial score (nSPS) is 11.9. The first-order chi connectivity index (χ1) is 6.60. The van der Waals surface area contributed by atoms with Gasteiger partial charge in [0.1, 0.15) is 0 Å². The molecule has 0 aromatic carbocycles. The monoisotopic (exact) mass is 216 g/mol. The van der Waals surface area contributed by atoms with Crippen molar-refractivity contribution in [1.29, 1.82) is 0 Å². The third-order valence-electron chi connectivity index (χ3n) is 2.00. The summed E-state index contributed by atoms with van der Waals surface area (Å²) in [6.45, 7) is 6.16. The fourth-order valence-electron chi connectivity index (χ4n) is 0.888. The van der Waals surface area contributed by atoms with Gasteiger partial charge in [0.15, 0.2) is 5.11 Å². The second-order valence-electron chi connectivity index (χ2n) is 3.43. The van der Waals surface area contributed by atoms with E-state index in [0.29, 0.717) is 17.6 Å². The van der Waals surface area contributed by atoms with Gasteiger partial charge >= 0.3 is 0 Å². The lowest BCUT2D eigenvalue weighted by Crippen LogP contribution is -2.42. The zero-order valence-corrected chi connectivity index (χ0v) is 10.0. The van der Waals surface area contributed by atoms with Gasteiger partial charge in [-0.15, -0.1) is 0 Å². The first-order valence-electron chi connectivity index (χ1n) is 5.20. The molecule has 0 aromatic heterocycles. The average molecular weight is 216 g/mol. The molecule has 0 saturated heterocycles. The average Bonchev–Trinajstić information content (AvgIpc) is 2.14. The van der Waals surface area contributed by atoms with Gasteiger partial charge in [-0.3, -0.25) is 4.79 Å². The third kappa shape index (κ3) is 6.83. The first-order valence-corrected chi connectivity index (χ1v) is 5.61. The van der Waals surface area contributed by atoms with Crippen LogP contribution in [0.25, 0.3) is 0 Å². The molecule has 0 heterocycles. The standard InChI is InChI=1S/C10H20N2OS/c1-4-6-7-9(13)12-10(14)11-8(3)5-2/h8H,4-7H2,1-3H3,(H2,11,12,13,14). The molecule has 1 amide bonds. The Morgan fingerprint density at radius 1 is 1.43 bits per heavy atom. The molecule has 0 fully saturated rings. The largest absolute Gasteiger partial charge is 0.360 e. The number of amides is 1. The van der Waals surface area contributed by atoms with Crippen molar-refractivity contribution in [3.8, 4) is 0 Å². The van der Waals surface area contributed by atoms with Crippen molar-refractivity contribution in [2.45, 2.75) is 52.5 Å². The summed E-state index contributed by atoms with van der Waals surface area (Å²) in [7, 11) is 0. The van der Waals surface area contributed by atoms with Crippen LogP contribution in [0.15, 0.2) is 0 Å². The minimum Gasteiger partial charge on any atom is -0.360 e. The molecule has 0 spiro atoms. The lowest BCUT2D eigenvalue weighted by Gasteiger charge is -2.14. The molecule has 0 bridgehead atoms. The summed E-state index contributed by atoms with van der Waals surface area (Å²) < 4.78 is 0. The van der Waals surface area contributed by atoms with E-state index >= 15 is 0 Å². The molecule has 0 aliphatic rings. The summed E-state index contributed by atoms with van der Waals surface area (Å²) in [6.07, 6.45) is 3.49. The summed E-state index contributed by atoms with van der Waals surface area (Å²) in [5.74, 6) is 0.00709. The predicted octanol–water partition coefficient (Wildman–Crippen LogP) is 1.97. The van der Waals surface area contributed by atoms with Gasteiger partial charge in [0.05, 0.1) is 0 Å². The highest BCUT2D eigenvalue weighted by atomic mass is 32.1. The molecule has 3 nitrogen and oxygen atoms in total. The molecule has 0 rings (SSSR count). The van der Waals surface area contributed by atoms with Crippen LogP contribution < -0.4 is 10.6 Å². The topological polar surface area (TPSA) is 41.1 Å². The van der Waals surface area contributed by atoms with E-state index < -0.39 is 0 Å². The van der Waals surface area contributed by atoms with Crippen molar-refractivity contribution in [1.82, 2.24) is 10.6 Å².